The van der Waals surface area contributed by atoms with Crippen LogP contribution in [0.4, 0.5) is 4.39 Å². The fourth-order valence-electron chi connectivity index (χ4n) is 1.61. The topological polar surface area (TPSA) is 80.7 Å². The summed E-state index contributed by atoms with van der Waals surface area (Å²) < 4.78 is 42.1. The van der Waals surface area contributed by atoms with Crippen LogP contribution >= 0.6 is 0 Å². The Balaban J connectivity index is 2.72. The molecule has 0 unspecified atom stereocenters. The maximum absolute atomic E-state index is 13.6. The maximum Gasteiger partial charge on any atom is 0.335 e. The van der Waals surface area contributed by atoms with Crippen molar-refractivity contribution < 1.29 is 27.4 Å². The van der Waals surface area contributed by atoms with Crippen molar-refractivity contribution in [2.45, 2.75) is 11.5 Å². The van der Waals surface area contributed by atoms with Crippen molar-refractivity contribution >= 4 is 15.8 Å². The molecular weight excluding hydrogens is 251 g/mol. The largest absolute Gasteiger partial charge is 0.478 e. The minimum Gasteiger partial charge on any atom is -0.478 e. The first-order valence-corrected chi connectivity index (χ1v) is 6.43. The Hall–Kier alpha value is -1.47. The lowest BCUT2D eigenvalue weighted by Gasteiger charge is -2.07. The molecule has 0 saturated heterocycles. The van der Waals surface area contributed by atoms with Gasteiger partial charge in [-0.15, -0.1) is 0 Å². The maximum atomic E-state index is 13.6. The summed E-state index contributed by atoms with van der Waals surface area (Å²) in [6.07, 6.45) is 0. The number of fused-ring (bicyclic) bond motifs is 1. The van der Waals surface area contributed by atoms with E-state index in [0.29, 0.717) is 0 Å². The Morgan fingerprint density at radius 3 is 2.76 bits per heavy atom. The van der Waals surface area contributed by atoms with Crippen molar-refractivity contribution in [3.63, 3.8) is 0 Å². The van der Waals surface area contributed by atoms with Gasteiger partial charge in [-0.3, -0.25) is 0 Å². The van der Waals surface area contributed by atoms with Gasteiger partial charge in [-0.05, 0) is 12.1 Å². The van der Waals surface area contributed by atoms with Gasteiger partial charge in [-0.2, -0.15) is 0 Å². The SMILES string of the molecule is O=C(O)c1cc(F)c2c(c1)S(=O)(=O)CCOC2. The van der Waals surface area contributed by atoms with E-state index >= 15 is 0 Å². The van der Waals surface area contributed by atoms with Crippen LogP contribution in [0.1, 0.15) is 15.9 Å². The number of ether oxygens (including phenoxy) is 1. The molecule has 1 aromatic carbocycles. The van der Waals surface area contributed by atoms with Gasteiger partial charge < -0.3 is 9.84 Å². The number of aromatic carboxylic acids is 1. The van der Waals surface area contributed by atoms with Crippen LogP contribution in [-0.4, -0.2) is 31.9 Å². The second-order valence-corrected chi connectivity index (χ2v) is 5.69. The lowest BCUT2D eigenvalue weighted by molar-refractivity contribution is 0.0695. The highest BCUT2D eigenvalue weighted by Crippen LogP contribution is 2.25. The van der Waals surface area contributed by atoms with Gasteiger partial charge in [-0.1, -0.05) is 0 Å². The fraction of sp³-hybridized carbons (Fsp3) is 0.300. The number of carboxylic acids is 1. The molecule has 0 amide bonds. The Kier molecular flexibility index (Phi) is 2.88. The van der Waals surface area contributed by atoms with Crippen molar-refractivity contribution in [3.8, 4) is 0 Å². The summed E-state index contributed by atoms with van der Waals surface area (Å²) in [5.74, 6) is -2.51. The molecule has 1 aromatic rings. The number of rotatable bonds is 1. The quantitative estimate of drug-likeness (QED) is 0.808. The van der Waals surface area contributed by atoms with Crippen LogP contribution in [0, 0.1) is 5.82 Å². The predicted octanol–water partition coefficient (Wildman–Crippen LogP) is 0.828. The average molecular weight is 260 g/mol. The molecule has 92 valence electrons. The number of sulfone groups is 1. The Labute approximate surface area is 96.7 Å². The Morgan fingerprint density at radius 1 is 1.41 bits per heavy atom. The third-order valence-electron chi connectivity index (χ3n) is 2.48. The highest BCUT2D eigenvalue weighted by molar-refractivity contribution is 7.91. The summed E-state index contributed by atoms with van der Waals surface area (Å²) >= 11 is 0. The standard InChI is InChI=1S/C10H9FO5S/c11-8-3-6(10(12)13)4-9-7(8)5-16-1-2-17(9,14)15/h3-4H,1-2,5H2,(H,12,13). The van der Waals surface area contributed by atoms with E-state index in [-0.39, 0.29) is 35.0 Å². The summed E-state index contributed by atoms with van der Waals surface area (Å²) in [5, 5.41) is 8.76. The highest BCUT2D eigenvalue weighted by Gasteiger charge is 2.26. The van der Waals surface area contributed by atoms with Crippen LogP contribution in [0.15, 0.2) is 17.0 Å². The summed E-state index contributed by atoms with van der Waals surface area (Å²) in [4.78, 5) is 10.5. The molecule has 7 heteroatoms. The predicted molar refractivity (Wildman–Crippen MR) is 55.1 cm³/mol. The van der Waals surface area contributed by atoms with E-state index in [9.17, 15) is 17.6 Å². The Bertz CT molecular complexity index is 579. The number of halogens is 1. The molecule has 0 radical (unpaired) electrons. The number of hydrogen-bond acceptors (Lipinski definition) is 4. The van der Waals surface area contributed by atoms with Crippen LogP contribution in [0.25, 0.3) is 0 Å². The molecule has 2 rings (SSSR count). The lowest BCUT2D eigenvalue weighted by Crippen LogP contribution is -2.11. The van der Waals surface area contributed by atoms with Crippen molar-refractivity contribution in [2.75, 3.05) is 12.4 Å². The van der Waals surface area contributed by atoms with E-state index < -0.39 is 21.6 Å². The van der Waals surface area contributed by atoms with Gasteiger partial charge in [0.1, 0.15) is 5.82 Å². The van der Waals surface area contributed by atoms with E-state index in [2.05, 4.69) is 0 Å². The van der Waals surface area contributed by atoms with Crippen LogP contribution in [-0.2, 0) is 21.2 Å². The molecule has 0 spiro atoms. The molecule has 17 heavy (non-hydrogen) atoms. The first kappa shape index (κ1) is 12.0. The molecule has 1 aliphatic heterocycles. The van der Waals surface area contributed by atoms with E-state index in [1.54, 1.807) is 0 Å². The van der Waals surface area contributed by atoms with E-state index in [1.165, 1.54) is 0 Å². The van der Waals surface area contributed by atoms with Gasteiger partial charge in [0, 0.05) is 5.56 Å². The van der Waals surface area contributed by atoms with Crippen molar-refractivity contribution in [1.82, 2.24) is 0 Å². The van der Waals surface area contributed by atoms with Crippen LogP contribution in [0.2, 0.25) is 0 Å². The van der Waals surface area contributed by atoms with Gasteiger partial charge in [0.2, 0.25) is 0 Å². The fourth-order valence-corrected chi connectivity index (χ4v) is 3.00. The number of carbonyl (C=O) groups is 1. The molecule has 0 fully saturated rings. The van der Waals surface area contributed by atoms with Crippen LogP contribution in [0.5, 0.6) is 0 Å². The second-order valence-electron chi connectivity index (χ2n) is 3.61. The van der Waals surface area contributed by atoms with Gasteiger partial charge >= 0.3 is 5.97 Å². The molecule has 0 aliphatic carbocycles. The molecule has 5 nitrogen and oxygen atoms in total. The molecule has 1 heterocycles. The highest BCUT2D eigenvalue weighted by atomic mass is 32.2. The summed E-state index contributed by atoms with van der Waals surface area (Å²) in [6, 6.07) is 1.77. The molecule has 1 N–H and O–H groups in total. The smallest absolute Gasteiger partial charge is 0.335 e. The second kappa shape index (κ2) is 4.08. The van der Waals surface area contributed by atoms with E-state index in [0.717, 1.165) is 12.1 Å². The zero-order valence-electron chi connectivity index (χ0n) is 8.64. The average Bonchev–Trinajstić information content (AvgIpc) is 2.38. The summed E-state index contributed by atoms with van der Waals surface area (Å²) in [5.41, 5.74) is -0.487. The molecule has 1 aliphatic rings. The normalized spacial score (nSPS) is 18.2. The lowest BCUT2D eigenvalue weighted by atomic mass is 10.1. The first-order valence-electron chi connectivity index (χ1n) is 4.78. The number of carboxylic acid groups (broad SMARTS) is 1. The summed E-state index contributed by atoms with van der Waals surface area (Å²) in [6.45, 7) is -0.195. The third kappa shape index (κ3) is 2.16. The summed E-state index contributed by atoms with van der Waals surface area (Å²) in [7, 11) is -3.69. The van der Waals surface area contributed by atoms with Crippen LogP contribution < -0.4 is 0 Å². The molecule has 0 aromatic heterocycles. The van der Waals surface area contributed by atoms with E-state index in [1.807, 2.05) is 0 Å². The Morgan fingerprint density at radius 2 is 2.12 bits per heavy atom. The number of hydrogen-bond donors (Lipinski definition) is 1. The molecule has 0 saturated carbocycles. The first-order chi connectivity index (χ1) is 7.92. The molecular formula is C10H9FO5S. The van der Waals surface area contributed by atoms with E-state index in [4.69, 9.17) is 9.84 Å². The molecule has 0 atom stereocenters. The van der Waals surface area contributed by atoms with Gasteiger partial charge in [-0.25, -0.2) is 17.6 Å². The number of benzene rings is 1. The zero-order valence-corrected chi connectivity index (χ0v) is 9.46. The zero-order chi connectivity index (χ0) is 12.6. The van der Waals surface area contributed by atoms with Crippen molar-refractivity contribution in [3.05, 3.63) is 29.1 Å². The monoisotopic (exact) mass is 260 g/mol. The van der Waals surface area contributed by atoms with Gasteiger partial charge in [0.05, 0.1) is 29.4 Å². The van der Waals surface area contributed by atoms with Crippen molar-refractivity contribution in [1.29, 1.82) is 0 Å². The third-order valence-corrected chi connectivity index (χ3v) is 4.22. The molecule has 0 bridgehead atoms. The minimum atomic E-state index is -3.69. The van der Waals surface area contributed by atoms with Crippen molar-refractivity contribution in [2.24, 2.45) is 0 Å². The van der Waals surface area contributed by atoms with Gasteiger partial charge in [0.25, 0.3) is 0 Å². The van der Waals surface area contributed by atoms with Crippen LogP contribution in [0.3, 0.4) is 0 Å². The minimum absolute atomic E-state index is 0.0289. The van der Waals surface area contributed by atoms with Gasteiger partial charge in [0.15, 0.2) is 9.84 Å².